The second-order valence-electron chi connectivity index (χ2n) is 4.58. The number of nitrogens with two attached hydrogens (primary N) is 1. The molecule has 1 aromatic rings. The van der Waals surface area contributed by atoms with Gasteiger partial charge in [0.05, 0.1) is 4.88 Å². The summed E-state index contributed by atoms with van der Waals surface area (Å²) >= 11 is 1.57. The third-order valence-electron chi connectivity index (χ3n) is 3.13. The van der Waals surface area contributed by atoms with Crippen LogP contribution in [0.1, 0.15) is 46.7 Å². The summed E-state index contributed by atoms with van der Waals surface area (Å²) in [7, 11) is 0. The van der Waals surface area contributed by atoms with Crippen molar-refractivity contribution in [3.8, 4) is 0 Å². The highest BCUT2D eigenvalue weighted by atomic mass is 32.1. The van der Waals surface area contributed by atoms with Gasteiger partial charge in [-0.15, -0.1) is 11.3 Å². The van der Waals surface area contributed by atoms with Gasteiger partial charge in [0.15, 0.2) is 5.78 Å². The fourth-order valence-corrected chi connectivity index (χ4v) is 3.05. The summed E-state index contributed by atoms with van der Waals surface area (Å²) in [5, 5.41) is 0. The van der Waals surface area contributed by atoms with Crippen LogP contribution in [-0.2, 0) is 0 Å². The molecule has 0 saturated heterocycles. The molecule has 0 aliphatic heterocycles. The van der Waals surface area contributed by atoms with E-state index in [1.54, 1.807) is 11.3 Å². The number of aryl methyl sites for hydroxylation is 1. The summed E-state index contributed by atoms with van der Waals surface area (Å²) in [5.41, 5.74) is 5.97. The monoisotopic (exact) mass is 223 g/mol. The van der Waals surface area contributed by atoms with Gasteiger partial charge in [-0.1, -0.05) is 12.8 Å². The zero-order valence-corrected chi connectivity index (χ0v) is 9.90. The molecule has 3 heteroatoms. The minimum absolute atomic E-state index is 0.213. The number of carbonyl (C=O) groups is 1. The van der Waals surface area contributed by atoms with Gasteiger partial charge < -0.3 is 5.73 Å². The Labute approximate surface area is 94.5 Å². The summed E-state index contributed by atoms with van der Waals surface area (Å²) in [6, 6.07) is 3.91. The number of rotatable bonds is 3. The highest BCUT2D eigenvalue weighted by Gasteiger charge is 2.32. The molecule has 0 amide bonds. The van der Waals surface area contributed by atoms with Crippen LogP contribution >= 0.6 is 11.3 Å². The van der Waals surface area contributed by atoms with E-state index in [9.17, 15) is 4.79 Å². The van der Waals surface area contributed by atoms with Gasteiger partial charge in [0.1, 0.15) is 0 Å². The van der Waals surface area contributed by atoms with E-state index in [1.165, 1.54) is 17.7 Å². The Morgan fingerprint density at radius 2 is 2.13 bits per heavy atom. The van der Waals surface area contributed by atoms with Crippen LogP contribution < -0.4 is 5.73 Å². The molecule has 0 radical (unpaired) electrons. The SMILES string of the molecule is Cc1ccc(C(=O)CC2(N)CCCC2)s1. The maximum absolute atomic E-state index is 11.9. The lowest BCUT2D eigenvalue weighted by Crippen LogP contribution is -2.38. The molecule has 0 spiro atoms. The minimum Gasteiger partial charge on any atom is -0.325 e. The fourth-order valence-electron chi connectivity index (χ4n) is 2.25. The molecule has 2 nitrogen and oxygen atoms in total. The van der Waals surface area contributed by atoms with Crippen molar-refractivity contribution in [2.75, 3.05) is 0 Å². The Bertz CT molecular complexity index is 363. The molecule has 0 aromatic carbocycles. The first-order valence-corrected chi connectivity index (χ1v) is 6.29. The predicted molar refractivity (Wildman–Crippen MR) is 63.4 cm³/mol. The normalized spacial score (nSPS) is 19.3. The van der Waals surface area contributed by atoms with E-state index in [0.29, 0.717) is 6.42 Å². The number of Topliss-reactive ketones (excluding diaryl/α,β-unsaturated/α-hetero) is 1. The van der Waals surface area contributed by atoms with Gasteiger partial charge in [-0.3, -0.25) is 4.79 Å². The molecule has 82 valence electrons. The standard InChI is InChI=1S/C12H17NOS/c1-9-4-5-11(15-9)10(14)8-12(13)6-2-3-7-12/h4-5H,2-3,6-8,13H2,1H3. The zero-order valence-electron chi connectivity index (χ0n) is 9.08. The second-order valence-corrected chi connectivity index (χ2v) is 5.87. The average Bonchev–Trinajstić information content (AvgIpc) is 2.75. The lowest BCUT2D eigenvalue weighted by atomic mass is 9.92. The van der Waals surface area contributed by atoms with Crippen molar-refractivity contribution in [3.05, 3.63) is 21.9 Å². The van der Waals surface area contributed by atoms with Crippen LogP contribution in [0.5, 0.6) is 0 Å². The first-order chi connectivity index (χ1) is 7.09. The highest BCUT2D eigenvalue weighted by Crippen LogP contribution is 2.31. The molecule has 1 aliphatic carbocycles. The summed E-state index contributed by atoms with van der Waals surface area (Å²) < 4.78 is 0. The first-order valence-electron chi connectivity index (χ1n) is 5.48. The Balaban J connectivity index is 2.03. The molecule has 15 heavy (non-hydrogen) atoms. The van der Waals surface area contributed by atoms with Crippen molar-refractivity contribution in [2.45, 2.75) is 44.6 Å². The second kappa shape index (κ2) is 4.06. The number of ketones is 1. The third-order valence-corrected chi connectivity index (χ3v) is 4.17. The maximum atomic E-state index is 11.9. The van der Waals surface area contributed by atoms with Crippen molar-refractivity contribution in [3.63, 3.8) is 0 Å². The molecule has 2 rings (SSSR count). The van der Waals surface area contributed by atoms with Crippen LogP contribution in [0.15, 0.2) is 12.1 Å². The molecule has 0 atom stereocenters. The van der Waals surface area contributed by atoms with Crippen molar-refractivity contribution >= 4 is 17.1 Å². The van der Waals surface area contributed by atoms with E-state index < -0.39 is 0 Å². The van der Waals surface area contributed by atoms with Crippen molar-refractivity contribution in [1.82, 2.24) is 0 Å². The Morgan fingerprint density at radius 3 is 2.67 bits per heavy atom. The Morgan fingerprint density at radius 1 is 1.47 bits per heavy atom. The molecular weight excluding hydrogens is 206 g/mol. The van der Waals surface area contributed by atoms with Gasteiger partial charge in [0.25, 0.3) is 0 Å². The Kier molecular flexibility index (Phi) is 2.94. The van der Waals surface area contributed by atoms with Gasteiger partial charge in [-0.05, 0) is 31.9 Å². The van der Waals surface area contributed by atoms with Crippen LogP contribution in [0, 0.1) is 6.92 Å². The molecule has 1 aliphatic rings. The summed E-state index contributed by atoms with van der Waals surface area (Å²) in [4.78, 5) is 14.0. The molecule has 1 fully saturated rings. The largest absolute Gasteiger partial charge is 0.325 e. The van der Waals surface area contributed by atoms with Crippen molar-refractivity contribution in [2.24, 2.45) is 5.73 Å². The van der Waals surface area contributed by atoms with E-state index in [1.807, 2.05) is 19.1 Å². The smallest absolute Gasteiger partial charge is 0.174 e. The molecule has 1 saturated carbocycles. The lowest BCUT2D eigenvalue weighted by molar-refractivity contribution is 0.0956. The topological polar surface area (TPSA) is 43.1 Å². The number of hydrogen-bond acceptors (Lipinski definition) is 3. The number of hydrogen-bond donors (Lipinski definition) is 1. The van der Waals surface area contributed by atoms with Crippen LogP contribution in [-0.4, -0.2) is 11.3 Å². The van der Waals surface area contributed by atoms with Crippen LogP contribution in [0.3, 0.4) is 0 Å². The fraction of sp³-hybridized carbons (Fsp3) is 0.583. The van der Waals surface area contributed by atoms with Gasteiger partial charge in [-0.25, -0.2) is 0 Å². The van der Waals surface area contributed by atoms with Gasteiger partial charge >= 0.3 is 0 Å². The van der Waals surface area contributed by atoms with E-state index >= 15 is 0 Å². The average molecular weight is 223 g/mol. The molecule has 0 bridgehead atoms. The molecule has 0 unspecified atom stereocenters. The molecular formula is C12H17NOS. The Hall–Kier alpha value is -0.670. The quantitative estimate of drug-likeness (QED) is 0.801. The zero-order chi connectivity index (χ0) is 10.9. The number of carbonyl (C=O) groups excluding carboxylic acids is 1. The van der Waals surface area contributed by atoms with E-state index in [4.69, 9.17) is 5.73 Å². The summed E-state index contributed by atoms with van der Waals surface area (Å²) in [6.45, 7) is 2.02. The van der Waals surface area contributed by atoms with Gasteiger partial charge in [0.2, 0.25) is 0 Å². The van der Waals surface area contributed by atoms with E-state index in [0.717, 1.165) is 17.7 Å². The van der Waals surface area contributed by atoms with Crippen LogP contribution in [0.2, 0.25) is 0 Å². The van der Waals surface area contributed by atoms with Crippen LogP contribution in [0.4, 0.5) is 0 Å². The summed E-state index contributed by atoms with van der Waals surface area (Å²) in [5.74, 6) is 0.220. The van der Waals surface area contributed by atoms with Gasteiger partial charge in [0, 0.05) is 16.8 Å². The molecule has 2 N–H and O–H groups in total. The summed E-state index contributed by atoms with van der Waals surface area (Å²) in [6.07, 6.45) is 4.87. The van der Waals surface area contributed by atoms with Crippen molar-refractivity contribution in [1.29, 1.82) is 0 Å². The van der Waals surface area contributed by atoms with E-state index in [2.05, 4.69) is 0 Å². The van der Waals surface area contributed by atoms with Crippen molar-refractivity contribution < 1.29 is 4.79 Å². The van der Waals surface area contributed by atoms with Crippen LogP contribution in [0.25, 0.3) is 0 Å². The van der Waals surface area contributed by atoms with E-state index in [-0.39, 0.29) is 11.3 Å². The minimum atomic E-state index is -0.213. The number of thiophene rings is 1. The molecule has 1 aromatic heterocycles. The highest BCUT2D eigenvalue weighted by molar-refractivity contribution is 7.14. The third kappa shape index (κ3) is 2.47. The first kappa shape index (κ1) is 10.8. The molecule has 1 heterocycles. The lowest BCUT2D eigenvalue weighted by Gasteiger charge is -2.21. The van der Waals surface area contributed by atoms with Gasteiger partial charge in [-0.2, -0.15) is 0 Å². The maximum Gasteiger partial charge on any atom is 0.174 e. The predicted octanol–water partition coefficient (Wildman–Crippen LogP) is 2.90.